The fourth-order valence-corrected chi connectivity index (χ4v) is 11.6. The van der Waals surface area contributed by atoms with E-state index < -0.39 is 0 Å². The Bertz CT molecular complexity index is 2630. The van der Waals surface area contributed by atoms with Crippen LogP contribution in [0.25, 0.3) is 0 Å². The molecule has 0 radical (unpaired) electrons. The fraction of sp³-hybridized carbons (Fsp3) is 0.528. The maximum absolute atomic E-state index is 11.6. The van der Waals surface area contributed by atoms with E-state index in [0.717, 1.165) is 125 Å². The summed E-state index contributed by atoms with van der Waals surface area (Å²) in [5.74, 6) is 1.27. The summed E-state index contributed by atoms with van der Waals surface area (Å²) >= 11 is 0. The molecule has 6 aromatic rings. The lowest BCUT2D eigenvalue weighted by Crippen LogP contribution is -2.34. The van der Waals surface area contributed by atoms with Gasteiger partial charge in [0.05, 0.1) is 12.1 Å². The summed E-state index contributed by atoms with van der Waals surface area (Å²) < 4.78 is 9.29. The lowest BCUT2D eigenvalue weighted by atomic mass is 9.87. The molecule has 1 saturated carbocycles. The van der Waals surface area contributed by atoms with Gasteiger partial charge in [-0.3, -0.25) is 9.98 Å². The molecule has 8 nitrogen and oxygen atoms in total. The number of hydrogen-bond acceptors (Lipinski definition) is 4. The molecular formula is C72H102N6O2+4. The lowest BCUT2D eigenvalue weighted by Gasteiger charge is -2.26. The molecule has 8 heteroatoms. The van der Waals surface area contributed by atoms with Crippen LogP contribution >= 0.6 is 0 Å². The first-order chi connectivity index (χ1) is 37.8. The Labute approximate surface area is 483 Å². The van der Waals surface area contributed by atoms with Gasteiger partial charge in [-0.25, -0.2) is 18.3 Å². The highest BCUT2D eigenvalue weighted by molar-refractivity contribution is 5.86. The number of aryl methyl sites for hydroxylation is 6. The number of nitrogens with zero attached hydrogens (tertiary/aromatic N) is 6. The van der Waals surface area contributed by atoms with Gasteiger partial charge in [0, 0.05) is 97.8 Å². The van der Waals surface area contributed by atoms with E-state index in [1.165, 1.54) is 33.4 Å². The molecule has 4 heterocycles. The second-order valence-corrected chi connectivity index (χ2v) is 27.8. The van der Waals surface area contributed by atoms with Crippen molar-refractivity contribution in [1.82, 2.24) is 0 Å². The van der Waals surface area contributed by atoms with Crippen LogP contribution < -0.4 is 18.3 Å². The van der Waals surface area contributed by atoms with Crippen molar-refractivity contribution >= 4 is 12.4 Å². The molecule has 1 fully saturated rings. The normalized spacial score (nSPS) is 15.8. The Morgan fingerprint density at radius 1 is 0.425 bits per heavy atom. The molecule has 2 aromatic carbocycles. The monoisotopic (exact) mass is 1080 g/mol. The molecule has 80 heavy (non-hydrogen) atoms. The van der Waals surface area contributed by atoms with Crippen LogP contribution in [0.4, 0.5) is 0 Å². The first-order valence-corrected chi connectivity index (χ1v) is 30.5. The van der Waals surface area contributed by atoms with Gasteiger partial charge in [0.25, 0.3) is 0 Å². The molecule has 0 aliphatic heterocycles. The zero-order chi connectivity index (χ0) is 57.8. The molecule has 1 aliphatic rings. The Kier molecular flexibility index (Phi) is 20.9. The molecule has 2 unspecified atom stereocenters. The average molecular weight is 1080 g/mol. The summed E-state index contributed by atoms with van der Waals surface area (Å²) in [6.45, 7) is 35.1. The van der Waals surface area contributed by atoms with Crippen LogP contribution in [-0.2, 0) is 47.8 Å². The van der Waals surface area contributed by atoms with Crippen LogP contribution in [-0.4, -0.2) is 34.7 Å². The first-order valence-electron chi connectivity index (χ1n) is 30.5. The Morgan fingerprint density at radius 3 is 0.912 bits per heavy atom. The molecule has 0 bridgehead atoms. The molecule has 2 N–H and O–H groups in total. The van der Waals surface area contributed by atoms with Crippen molar-refractivity contribution in [2.24, 2.45) is 9.98 Å². The van der Waals surface area contributed by atoms with Crippen molar-refractivity contribution in [2.75, 3.05) is 0 Å². The number of hydrogen-bond donors (Lipinski definition) is 2. The van der Waals surface area contributed by atoms with Gasteiger partial charge in [0.1, 0.15) is 37.7 Å². The largest absolute Gasteiger partial charge is 0.507 e. The summed E-state index contributed by atoms with van der Waals surface area (Å²) in [5.41, 5.74) is 11.8. The van der Waals surface area contributed by atoms with Crippen molar-refractivity contribution in [3.8, 4) is 11.5 Å². The summed E-state index contributed by atoms with van der Waals surface area (Å²) in [7, 11) is 0. The third kappa shape index (κ3) is 17.7. The third-order valence-electron chi connectivity index (χ3n) is 17.1. The Balaban J connectivity index is 1.08. The molecule has 0 saturated heterocycles. The van der Waals surface area contributed by atoms with Gasteiger partial charge >= 0.3 is 0 Å². The van der Waals surface area contributed by atoms with E-state index in [4.69, 9.17) is 9.98 Å². The molecular weight excluding hydrogens is 981 g/mol. The van der Waals surface area contributed by atoms with Crippen molar-refractivity contribution in [2.45, 2.75) is 246 Å². The molecule has 7 rings (SSSR count). The minimum absolute atomic E-state index is 0.0216. The zero-order valence-corrected chi connectivity index (χ0v) is 51.9. The van der Waals surface area contributed by atoms with Gasteiger partial charge in [-0.05, 0) is 143 Å². The van der Waals surface area contributed by atoms with Gasteiger partial charge < -0.3 is 10.2 Å². The highest BCUT2D eigenvalue weighted by Gasteiger charge is 2.26. The molecule has 2 atom stereocenters. The topological polar surface area (TPSA) is 80.7 Å². The van der Waals surface area contributed by atoms with Gasteiger partial charge in [0.15, 0.2) is 49.6 Å². The van der Waals surface area contributed by atoms with Gasteiger partial charge in [-0.2, -0.15) is 0 Å². The molecule has 4 aromatic heterocycles. The van der Waals surface area contributed by atoms with Crippen molar-refractivity contribution in [3.05, 3.63) is 178 Å². The number of phenols is 2. The van der Waals surface area contributed by atoms with Crippen LogP contribution in [0.15, 0.2) is 132 Å². The zero-order valence-electron chi connectivity index (χ0n) is 51.9. The number of benzene rings is 2. The summed E-state index contributed by atoms with van der Waals surface area (Å²) in [5, 5.41) is 23.3. The maximum atomic E-state index is 11.6. The molecule has 428 valence electrons. The van der Waals surface area contributed by atoms with Gasteiger partial charge in [0.2, 0.25) is 0 Å². The predicted octanol–water partition coefficient (Wildman–Crippen LogP) is 15.0. The van der Waals surface area contributed by atoms with Crippen LogP contribution in [0.1, 0.15) is 228 Å². The van der Waals surface area contributed by atoms with Gasteiger partial charge in [-0.15, -0.1) is 0 Å². The van der Waals surface area contributed by atoms with E-state index in [9.17, 15) is 10.2 Å². The summed E-state index contributed by atoms with van der Waals surface area (Å²) in [6.07, 6.45) is 34.2. The van der Waals surface area contributed by atoms with E-state index >= 15 is 0 Å². The molecule has 0 amide bonds. The van der Waals surface area contributed by atoms with E-state index in [1.807, 2.05) is 26.3 Å². The number of pyridine rings is 4. The summed E-state index contributed by atoms with van der Waals surface area (Å²) in [6, 6.07) is 26.9. The highest BCUT2D eigenvalue weighted by Crippen LogP contribution is 2.35. The number of phenolic OH excluding ortho intramolecular Hbond substituents is 2. The minimum atomic E-state index is -0.0216. The quantitative estimate of drug-likeness (QED) is 0.0525. The van der Waals surface area contributed by atoms with Crippen molar-refractivity contribution in [1.29, 1.82) is 0 Å². The van der Waals surface area contributed by atoms with Crippen LogP contribution in [0.5, 0.6) is 11.5 Å². The predicted molar refractivity (Wildman–Crippen MR) is 331 cm³/mol. The number of rotatable bonds is 22. The minimum Gasteiger partial charge on any atom is -0.507 e. The molecule has 0 spiro atoms. The smallest absolute Gasteiger partial charge is 0.169 e. The summed E-state index contributed by atoms with van der Waals surface area (Å²) in [4.78, 5) is 10.5. The molecule has 1 aliphatic carbocycles. The van der Waals surface area contributed by atoms with Crippen LogP contribution in [0.2, 0.25) is 0 Å². The van der Waals surface area contributed by atoms with E-state index in [0.29, 0.717) is 23.3 Å². The number of aliphatic imine (C=N–C) groups is 2. The second-order valence-electron chi connectivity index (χ2n) is 27.8. The van der Waals surface area contributed by atoms with Crippen molar-refractivity contribution in [3.63, 3.8) is 0 Å². The average Bonchev–Trinajstić information content (AvgIpc) is 3.41. The number of aromatic hydroxyl groups is 2. The second kappa shape index (κ2) is 27.2. The first kappa shape index (κ1) is 61.6. The Hall–Kier alpha value is -6.02. The standard InChI is InChI=1S/C72H100N6O2/c1-53-47-57(55(21-17-35-75-39-27-61(28-40-75)69(3,4)5)22-18-36-76-41-29-62(30-42-76)70(6,7)8)49-59(67(53)79)51-73-65-25-15-16-26-66(65)74-52-60-50-58(48-54(2)68(60)80)56(23-19-37-77-43-31-63(32-44-77)71(9,10)11)24-20-38-78-45-33-64(34-46-78)72(12,13)14/h27-34,39-52,55-56,65-66H,15-26,35-38H2,1-14H3/q+2/p+2. The van der Waals surface area contributed by atoms with E-state index in [2.05, 4.69) is 224 Å². The Morgan fingerprint density at radius 2 is 0.675 bits per heavy atom. The van der Waals surface area contributed by atoms with Crippen LogP contribution in [0, 0.1) is 13.8 Å². The van der Waals surface area contributed by atoms with Crippen molar-refractivity contribution < 1.29 is 28.5 Å². The maximum Gasteiger partial charge on any atom is 0.169 e. The third-order valence-corrected chi connectivity index (χ3v) is 17.1. The fourth-order valence-electron chi connectivity index (χ4n) is 11.6. The van der Waals surface area contributed by atoms with Gasteiger partial charge in [-0.1, -0.05) is 108 Å². The van der Waals surface area contributed by atoms with E-state index in [1.54, 1.807) is 0 Å². The van der Waals surface area contributed by atoms with E-state index in [-0.39, 0.29) is 33.7 Å². The van der Waals surface area contributed by atoms with Crippen LogP contribution in [0.3, 0.4) is 0 Å². The highest BCUT2D eigenvalue weighted by atomic mass is 16.3. The SMILES string of the molecule is Cc1cc(C(CCC[n+]2ccc(C(C)(C)C)cc2)CCC[n+]2ccc(C(C)(C)C)cc2)cc(C=NC2CCCCC2N=Cc2cc(C(CCC[n+]3ccc(C(C)(C)C)cc3)CCC[n+]3ccc(C(C)(C)C)cc3)cc(C)c2O)c1O. The number of aromatic nitrogens is 4. The lowest BCUT2D eigenvalue weighted by molar-refractivity contribution is -0.698.